The van der Waals surface area contributed by atoms with E-state index in [0.29, 0.717) is 0 Å². The summed E-state index contributed by atoms with van der Waals surface area (Å²) in [6.45, 7) is 0. The number of rotatable bonds is 3. The molecule has 120 valence electrons. The topological polar surface area (TPSA) is 61.8 Å². The van der Waals surface area contributed by atoms with Gasteiger partial charge in [0.25, 0.3) is 0 Å². The number of nitrogens with one attached hydrogen (secondary N) is 1. The Balaban J connectivity index is 1.70. The van der Waals surface area contributed by atoms with Crippen molar-refractivity contribution in [3.8, 4) is 6.07 Å². The largest absolute Gasteiger partial charge is 0.357 e. The summed E-state index contributed by atoms with van der Waals surface area (Å²) in [7, 11) is 0. The fourth-order valence-corrected chi connectivity index (χ4v) is 4.80. The lowest BCUT2D eigenvalue weighted by Gasteiger charge is -2.17. The minimum absolute atomic E-state index is 0.330. The van der Waals surface area contributed by atoms with Crippen LogP contribution in [0.3, 0.4) is 0 Å². The number of nitrogens with two attached hydrogens (primary N) is 1. The Morgan fingerprint density at radius 1 is 1.08 bits per heavy atom. The molecule has 0 radical (unpaired) electrons. The van der Waals surface area contributed by atoms with Crippen LogP contribution in [0.4, 0.5) is 5.00 Å². The second-order valence-corrected chi connectivity index (χ2v) is 7.32. The smallest absolute Gasteiger partial charge is 0.108 e. The molecule has 3 nitrogen and oxygen atoms in total. The molecule has 4 heteroatoms. The highest BCUT2D eigenvalue weighted by Crippen LogP contribution is 2.39. The summed E-state index contributed by atoms with van der Waals surface area (Å²) >= 11 is 1.70. The first kappa shape index (κ1) is 15.2. The Morgan fingerprint density at radius 3 is 2.75 bits per heavy atom. The van der Waals surface area contributed by atoms with Crippen molar-refractivity contribution < 1.29 is 0 Å². The molecule has 3 aromatic rings. The summed E-state index contributed by atoms with van der Waals surface area (Å²) in [5.74, 6) is 0. The van der Waals surface area contributed by atoms with Gasteiger partial charge in [0, 0.05) is 4.88 Å². The number of benzene rings is 2. The molecule has 2 aromatic carbocycles. The zero-order valence-electron chi connectivity index (χ0n) is 13.4. The van der Waals surface area contributed by atoms with Crippen LogP contribution in [0.25, 0.3) is 10.8 Å². The molecule has 1 aromatic heterocycles. The predicted octanol–water partition coefficient (Wildman–Crippen LogP) is 4.72. The third kappa shape index (κ3) is 2.56. The normalized spacial score (nSPS) is 14.8. The van der Waals surface area contributed by atoms with Gasteiger partial charge >= 0.3 is 0 Å². The molecule has 1 heterocycles. The Bertz CT molecular complexity index is 930. The number of hydrogen-bond acceptors (Lipinski definition) is 4. The van der Waals surface area contributed by atoms with E-state index < -0.39 is 0 Å². The van der Waals surface area contributed by atoms with Gasteiger partial charge in [0.1, 0.15) is 17.2 Å². The third-order valence-corrected chi connectivity index (χ3v) is 5.95. The predicted molar refractivity (Wildman–Crippen MR) is 100 cm³/mol. The summed E-state index contributed by atoms with van der Waals surface area (Å²) in [4.78, 5) is 1.35. The van der Waals surface area contributed by atoms with E-state index in [0.717, 1.165) is 34.4 Å². The molecule has 0 bridgehead atoms. The molecule has 0 fully saturated rings. The summed E-state index contributed by atoms with van der Waals surface area (Å²) in [6, 6.07) is 16.8. The van der Waals surface area contributed by atoms with E-state index in [1.807, 2.05) is 18.2 Å². The average Bonchev–Trinajstić information content (AvgIpc) is 2.98. The standard InChI is InChI=1S/C20H19N3S/c21-12-17-15-9-3-4-11-18(15)24-20(17)23-19(22)16-10-5-7-13-6-1-2-8-14(13)16/h1-2,5-8,10,19,23H,3-4,9,11,22H2. The maximum absolute atomic E-state index is 9.59. The van der Waals surface area contributed by atoms with E-state index in [1.165, 1.54) is 28.7 Å². The van der Waals surface area contributed by atoms with E-state index in [9.17, 15) is 5.26 Å². The molecule has 4 rings (SSSR count). The summed E-state index contributed by atoms with van der Waals surface area (Å²) in [5, 5.41) is 16.2. The van der Waals surface area contributed by atoms with Crippen LogP contribution in [0.1, 0.15) is 40.6 Å². The first-order valence-corrected chi connectivity index (χ1v) is 9.14. The quantitative estimate of drug-likeness (QED) is 0.682. The van der Waals surface area contributed by atoms with Crippen molar-refractivity contribution >= 4 is 27.1 Å². The maximum Gasteiger partial charge on any atom is 0.108 e. The highest BCUT2D eigenvalue weighted by Gasteiger charge is 2.22. The van der Waals surface area contributed by atoms with E-state index in [1.54, 1.807) is 11.3 Å². The van der Waals surface area contributed by atoms with Crippen LogP contribution in [0.2, 0.25) is 0 Å². The molecule has 0 spiro atoms. The van der Waals surface area contributed by atoms with E-state index in [4.69, 9.17) is 5.73 Å². The van der Waals surface area contributed by atoms with Crippen molar-refractivity contribution in [2.75, 3.05) is 5.32 Å². The molecule has 1 aliphatic rings. The van der Waals surface area contributed by atoms with Gasteiger partial charge in [0.15, 0.2) is 0 Å². The fraction of sp³-hybridized carbons (Fsp3) is 0.250. The lowest BCUT2D eigenvalue weighted by Crippen LogP contribution is -2.20. The second kappa shape index (κ2) is 6.27. The van der Waals surface area contributed by atoms with Crippen LogP contribution in [0.5, 0.6) is 0 Å². The monoisotopic (exact) mass is 333 g/mol. The molecule has 24 heavy (non-hydrogen) atoms. The van der Waals surface area contributed by atoms with Crippen LogP contribution >= 0.6 is 11.3 Å². The fourth-order valence-electron chi connectivity index (χ4n) is 3.53. The Morgan fingerprint density at radius 2 is 1.88 bits per heavy atom. The van der Waals surface area contributed by atoms with Crippen molar-refractivity contribution in [1.82, 2.24) is 0 Å². The van der Waals surface area contributed by atoms with Gasteiger partial charge < -0.3 is 11.1 Å². The summed E-state index contributed by atoms with van der Waals surface area (Å²) in [6.07, 6.45) is 4.16. The van der Waals surface area contributed by atoms with Crippen LogP contribution in [0.15, 0.2) is 42.5 Å². The van der Waals surface area contributed by atoms with Crippen molar-refractivity contribution in [3.05, 3.63) is 64.0 Å². The van der Waals surface area contributed by atoms with Crippen LogP contribution in [-0.2, 0) is 12.8 Å². The van der Waals surface area contributed by atoms with Gasteiger partial charge in [0.2, 0.25) is 0 Å². The van der Waals surface area contributed by atoms with Gasteiger partial charge in [-0.2, -0.15) is 5.26 Å². The number of fused-ring (bicyclic) bond motifs is 2. The Kier molecular flexibility index (Phi) is 3.97. The molecule has 1 unspecified atom stereocenters. The highest BCUT2D eigenvalue weighted by molar-refractivity contribution is 7.16. The zero-order valence-corrected chi connectivity index (χ0v) is 14.2. The van der Waals surface area contributed by atoms with Crippen LogP contribution in [-0.4, -0.2) is 0 Å². The van der Waals surface area contributed by atoms with E-state index in [2.05, 4.69) is 35.7 Å². The molecule has 0 amide bonds. The van der Waals surface area contributed by atoms with Crippen molar-refractivity contribution in [2.45, 2.75) is 31.8 Å². The van der Waals surface area contributed by atoms with Crippen LogP contribution in [0, 0.1) is 11.3 Å². The minimum Gasteiger partial charge on any atom is -0.357 e. The van der Waals surface area contributed by atoms with Gasteiger partial charge in [-0.1, -0.05) is 42.5 Å². The van der Waals surface area contributed by atoms with E-state index in [-0.39, 0.29) is 6.17 Å². The van der Waals surface area contributed by atoms with Crippen molar-refractivity contribution in [1.29, 1.82) is 5.26 Å². The molecular weight excluding hydrogens is 314 g/mol. The van der Waals surface area contributed by atoms with Gasteiger partial charge in [-0.3, -0.25) is 0 Å². The number of nitriles is 1. The first-order chi connectivity index (χ1) is 11.8. The van der Waals surface area contributed by atoms with Gasteiger partial charge in [-0.25, -0.2) is 0 Å². The second-order valence-electron chi connectivity index (χ2n) is 6.22. The third-order valence-electron chi connectivity index (χ3n) is 4.73. The number of thiophene rings is 1. The molecular formula is C20H19N3S. The number of nitrogens with zero attached hydrogens (tertiary/aromatic N) is 1. The van der Waals surface area contributed by atoms with Gasteiger partial charge in [-0.05, 0) is 47.6 Å². The van der Waals surface area contributed by atoms with Crippen LogP contribution < -0.4 is 11.1 Å². The SMILES string of the molecule is N#Cc1c(NC(N)c2cccc3ccccc23)sc2c1CCCC2. The molecule has 3 N–H and O–H groups in total. The average molecular weight is 333 g/mol. The van der Waals surface area contributed by atoms with Crippen molar-refractivity contribution in [3.63, 3.8) is 0 Å². The maximum atomic E-state index is 9.59. The molecule has 0 saturated carbocycles. The molecule has 0 aliphatic heterocycles. The summed E-state index contributed by atoms with van der Waals surface area (Å²) in [5.41, 5.74) is 9.55. The van der Waals surface area contributed by atoms with Gasteiger partial charge in [-0.15, -0.1) is 11.3 Å². The Labute approximate surface area is 145 Å². The first-order valence-electron chi connectivity index (χ1n) is 8.32. The number of hydrogen-bond donors (Lipinski definition) is 2. The number of anilines is 1. The molecule has 0 saturated heterocycles. The lowest BCUT2D eigenvalue weighted by atomic mass is 9.96. The molecule has 1 atom stereocenters. The van der Waals surface area contributed by atoms with Crippen molar-refractivity contribution in [2.24, 2.45) is 5.73 Å². The van der Waals surface area contributed by atoms with Gasteiger partial charge in [0.05, 0.1) is 5.56 Å². The van der Waals surface area contributed by atoms with E-state index >= 15 is 0 Å². The number of aryl methyl sites for hydroxylation is 1. The highest BCUT2D eigenvalue weighted by atomic mass is 32.1. The lowest BCUT2D eigenvalue weighted by molar-refractivity contribution is 0.696. The minimum atomic E-state index is -0.330. The summed E-state index contributed by atoms with van der Waals surface area (Å²) < 4.78 is 0. The Hall–Kier alpha value is -2.35. The molecule has 1 aliphatic carbocycles. The zero-order chi connectivity index (χ0) is 16.5.